The van der Waals surface area contributed by atoms with Crippen molar-refractivity contribution in [2.24, 2.45) is 0 Å². The van der Waals surface area contributed by atoms with E-state index in [1.54, 1.807) is 5.56 Å². The lowest BCUT2D eigenvalue weighted by Crippen LogP contribution is -2.35. The lowest BCUT2D eigenvalue weighted by Gasteiger charge is -2.35. The van der Waals surface area contributed by atoms with Crippen LogP contribution in [0, 0.1) is 0 Å². The molecule has 0 saturated carbocycles. The highest BCUT2D eigenvalue weighted by atomic mass is 35.5. The first-order valence-electron chi connectivity index (χ1n) is 8.80. The van der Waals surface area contributed by atoms with Gasteiger partial charge in [0.05, 0.1) is 6.04 Å². The number of anilines is 1. The Morgan fingerprint density at radius 1 is 0.846 bits per heavy atom. The van der Waals surface area contributed by atoms with E-state index in [4.69, 9.17) is 0 Å². The summed E-state index contributed by atoms with van der Waals surface area (Å²) in [6.45, 7) is 2.14. The van der Waals surface area contributed by atoms with Gasteiger partial charge in [0.1, 0.15) is 0 Å². The Bertz CT molecular complexity index is 622. The minimum absolute atomic E-state index is 0. The monoisotopic (exact) mass is 398 g/mol. The van der Waals surface area contributed by atoms with Gasteiger partial charge >= 0.3 is 0 Å². The summed E-state index contributed by atoms with van der Waals surface area (Å²) in [4.78, 5) is 4.89. The summed E-state index contributed by atoms with van der Waals surface area (Å²) in [5.74, 6) is 0. The third kappa shape index (κ3) is 6.17. The van der Waals surface area contributed by atoms with Crippen molar-refractivity contribution < 1.29 is 5.48 Å². The number of hydrogen-bond donors (Lipinski definition) is 0. The number of benzene rings is 2. The molecule has 2 aromatic rings. The van der Waals surface area contributed by atoms with Gasteiger partial charge in [-0.2, -0.15) is 0 Å². The minimum atomic E-state index is 0. The van der Waals surface area contributed by atoms with Gasteiger partial charge in [0, 0.05) is 18.8 Å². The maximum Gasteiger partial charge on any atom is 0.0545 e. The van der Waals surface area contributed by atoms with Crippen LogP contribution in [-0.2, 0) is 6.42 Å². The zero-order valence-electron chi connectivity index (χ0n) is 15.7. The maximum absolute atomic E-state index is 2.62. The lowest BCUT2D eigenvalue weighted by atomic mass is 9.97. The molecule has 1 atom stereocenters. The second kappa shape index (κ2) is 12.2. The molecule has 0 saturated heterocycles. The van der Waals surface area contributed by atoms with Gasteiger partial charge in [-0.05, 0) is 56.6 Å². The van der Waals surface area contributed by atoms with Crippen LogP contribution in [0.4, 0.5) is 5.69 Å². The molecule has 1 aliphatic rings. The average molecular weight is 399 g/mol. The van der Waals surface area contributed by atoms with Crippen molar-refractivity contribution in [1.29, 1.82) is 0 Å². The molecule has 0 aromatic heterocycles. The van der Waals surface area contributed by atoms with Crippen LogP contribution in [0.3, 0.4) is 0 Å². The molecule has 3 rings (SSSR count). The number of halogens is 2. The molecule has 2 N–H and O–H groups in total. The number of fused-ring (bicyclic) bond motifs is 1. The van der Waals surface area contributed by atoms with E-state index in [0.717, 1.165) is 13.1 Å². The molecule has 146 valence electrons. The SMILES string of the molecule is CN(C)CCN(c1ccccc1)C1CCCCc2ccccc21.Cl.Cl.O. The Morgan fingerprint density at radius 3 is 2.19 bits per heavy atom. The molecular weight excluding hydrogens is 367 g/mol. The molecule has 0 spiro atoms. The zero-order chi connectivity index (χ0) is 16.1. The van der Waals surface area contributed by atoms with Crippen molar-refractivity contribution >= 4 is 30.5 Å². The van der Waals surface area contributed by atoms with Gasteiger partial charge in [0.2, 0.25) is 0 Å². The van der Waals surface area contributed by atoms with E-state index in [-0.39, 0.29) is 30.3 Å². The molecule has 0 radical (unpaired) electrons. The first kappa shape index (κ1) is 24.7. The maximum atomic E-state index is 2.62. The molecule has 5 heteroatoms. The van der Waals surface area contributed by atoms with Gasteiger partial charge in [-0.1, -0.05) is 48.9 Å². The van der Waals surface area contributed by atoms with Crippen LogP contribution in [0.25, 0.3) is 0 Å². The van der Waals surface area contributed by atoms with Gasteiger partial charge in [-0.3, -0.25) is 0 Å². The number of aryl methyl sites for hydroxylation is 1. The third-order valence-corrected chi connectivity index (χ3v) is 4.84. The number of hydrogen-bond acceptors (Lipinski definition) is 2. The molecule has 1 aliphatic carbocycles. The largest absolute Gasteiger partial charge is 0.412 e. The molecule has 0 fully saturated rings. The summed E-state index contributed by atoms with van der Waals surface area (Å²) in [6, 6.07) is 20.5. The quantitative estimate of drug-likeness (QED) is 0.693. The first-order chi connectivity index (χ1) is 11.3. The highest BCUT2D eigenvalue weighted by Gasteiger charge is 2.24. The van der Waals surface area contributed by atoms with E-state index in [0.29, 0.717) is 6.04 Å². The van der Waals surface area contributed by atoms with Gasteiger partial charge in [0.25, 0.3) is 0 Å². The van der Waals surface area contributed by atoms with Gasteiger partial charge in [0.15, 0.2) is 0 Å². The van der Waals surface area contributed by atoms with Crippen LogP contribution >= 0.6 is 24.8 Å². The van der Waals surface area contributed by atoms with Crippen molar-refractivity contribution in [1.82, 2.24) is 4.90 Å². The second-order valence-electron chi connectivity index (χ2n) is 6.79. The fourth-order valence-electron chi connectivity index (χ4n) is 3.61. The van der Waals surface area contributed by atoms with Crippen LogP contribution < -0.4 is 4.90 Å². The molecule has 0 aliphatic heterocycles. The number of para-hydroxylation sites is 1. The van der Waals surface area contributed by atoms with Crippen LogP contribution in [0.5, 0.6) is 0 Å². The summed E-state index contributed by atoms with van der Waals surface area (Å²) < 4.78 is 0. The second-order valence-corrected chi connectivity index (χ2v) is 6.79. The van der Waals surface area contributed by atoms with Crippen molar-refractivity contribution in [2.45, 2.75) is 31.7 Å². The van der Waals surface area contributed by atoms with Crippen molar-refractivity contribution in [2.75, 3.05) is 32.1 Å². The predicted molar refractivity (Wildman–Crippen MR) is 117 cm³/mol. The summed E-state index contributed by atoms with van der Waals surface area (Å²) >= 11 is 0. The Balaban J connectivity index is 0.00000208. The van der Waals surface area contributed by atoms with E-state index in [1.807, 2.05) is 0 Å². The Kier molecular flexibility index (Phi) is 11.6. The first-order valence-corrected chi connectivity index (χ1v) is 8.80. The Morgan fingerprint density at radius 2 is 1.50 bits per heavy atom. The van der Waals surface area contributed by atoms with Gasteiger partial charge in [-0.25, -0.2) is 0 Å². The van der Waals surface area contributed by atoms with Crippen molar-refractivity contribution in [3.63, 3.8) is 0 Å². The fraction of sp³-hybridized carbons (Fsp3) is 0.429. The Hall–Kier alpha value is -1.26. The van der Waals surface area contributed by atoms with Crippen LogP contribution in [0.15, 0.2) is 54.6 Å². The van der Waals surface area contributed by atoms with Crippen molar-refractivity contribution in [3.05, 3.63) is 65.7 Å². The fourth-order valence-corrected chi connectivity index (χ4v) is 3.61. The average Bonchev–Trinajstić information content (AvgIpc) is 2.79. The van der Waals surface area contributed by atoms with Crippen molar-refractivity contribution in [3.8, 4) is 0 Å². The standard InChI is InChI=1S/C21H28N2.2ClH.H2O/c1-22(2)16-17-23(19-12-4-3-5-13-19)21-15-9-7-11-18-10-6-8-14-20(18)21;;;/h3-6,8,10,12-14,21H,7,9,11,15-17H2,1-2H3;2*1H;1H2. The molecule has 26 heavy (non-hydrogen) atoms. The molecule has 0 amide bonds. The molecule has 3 nitrogen and oxygen atoms in total. The molecular formula is C21H32Cl2N2O. The highest BCUT2D eigenvalue weighted by molar-refractivity contribution is 5.85. The highest BCUT2D eigenvalue weighted by Crippen LogP contribution is 2.35. The summed E-state index contributed by atoms with van der Waals surface area (Å²) in [6.07, 6.45) is 5.09. The van der Waals surface area contributed by atoms with E-state index in [9.17, 15) is 0 Å². The van der Waals surface area contributed by atoms with Gasteiger partial charge < -0.3 is 15.3 Å². The third-order valence-electron chi connectivity index (χ3n) is 4.84. The summed E-state index contributed by atoms with van der Waals surface area (Å²) in [5, 5.41) is 0. The lowest BCUT2D eigenvalue weighted by molar-refractivity contribution is 0.401. The van der Waals surface area contributed by atoms with E-state index in [2.05, 4.69) is 78.5 Å². The molecule has 0 heterocycles. The van der Waals surface area contributed by atoms with Crippen LogP contribution in [0.1, 0.15) is 36.4 Å². The zero-order valence-corrected chi connectivity index (χ0v) is 17.4. The van der Waals surface area contributed by atoms with E-state index in [1.165, 1.54) is 36.9 Å². The van der Waals surface area contributed by atoms with Gasteiger partial charge in [-0.15, -0.1) is 24.8 Å². The molecule has 2 aromatic carbocycles. The topological polar surface area (TPSA) is 38.0 Å². The number of nitrogens with zero attached hydrogens (tertiary/aromatic N) is 2. The molecule has 1 unspecified atom stereocenters. The molecule has 0 bridgehead atoms. The minimum Gasteiger partial charge on any atom is -0.412 e. The summed E-state index contributed by atoms with van der Waals surface area (Å²) in [5.41, 5.74) is 4.42. The summed E-state index contributed by atoms with van der Waals surface area (Å²) in [7, 11) is 4.31. The number of rotatable bonds is 5. The number of likely N-dealkylation sites (N-methyl/N-ethyl adjacent to an activating group) is 1. The predicted octanol–water partition coefficient (Wildman–Crippen LogP) is 4.54. The van der Waals surface area contributed by atoms with E-state index >= 15 is 0 Å². The van der Waals surface area contributed by atoms with Crippen LogP contribution in [0.2, 0.25) is 0 Å². The smallest absolute Gasteiger partial charge is 0.0545 e. The van der Waals surface area contributed by atoms with E-state index < -0.39 is 0 Å². The Labute approximate surface area is 170 Å². The van der Waals surface area contributed by atoms with Crippen LogP contribution in [-0.4, -0.2) is 37.6 Å². The normalized spacial score (nSPS) is 15.6.